The summed E-state index contributed by atoms with van der Waals surface area (Å²) < 4.78 is 10.4. The molecule has 24 heavy (non-hydrogen) atoms. The number of ether oxygens (including phenoxy) is 1. The van der Waals surface area contributed by atoms with Gasteiger partial charge in [0.1, 0.15) is 11.4 Å². The average molecular weight is 345 g/mol. The minimum Gasteiger partial charge on any atom is -0.482 e. The van der Waals surface area contributed by atoms with E-state index < -0.39 is 5.91 Å². The molecule has 0 aliphatic heterocycles. The van der Waals surface area contributed by atoms with Crippen LogP contribution in [0, 0.1) is 0 Å². The largest absolute Gasteiger partial charge is 0.482 e. The number of hydrogen-bond donors (Lipinski definition) is 1. The number of rotatable bonds is 6. The van der Waals surface area contributed by atoms with Crippen molar-refractivity contribution < 1.29 is 14.1 Å². The van der Waals surface area contributed by atoms with Gasteiger partial charge >= 0.3 is 0 Å². The van der Waals surface area contributed by atoms with Crippen molar-refractivity contribution in [3.8, 4) is 17.3 Å². The van der Waals surface area contributed by atoms with Gasteiger partial charge in [0.15, 0.2) is 12.4 Å². The van der Waals surface area contributed by atoms with Gasteiger partial charge in [-0.1, -0.05) is 28.9 Å². The molecule has 2 aromatic heterocycles. The van der Waals surface area contributed by atoms with E-state index in [-0.39, 0.29) is 6.61 Å². The topological polar surface area (TPSA) is 104 Å². The first-order valence-corrected chi connectivity index (χ1v) is 7.42. The number of carbonyl (C=O) groups excluding carboxylic acids is 1. The first-order valence-electron chi connectivity index (χ1n) is 7.05. The maximum atomic E-state index is 10.7. The number of aromatic nitrogens is 3. The SMILES string of the molecule is NC(=O)COc1ccc(-c2nc(Cc3cccc(Cl)c3)no2)nc1. The van der Waals surface area contributed by atoms with Gasteiger partial charge in [0, 0.05) is 11.4 Å². The lowest BCUT2D eigenvalue weighted by Crippen LogP contribution is -2.20. The third kappa shape index (κ3) is 4.08. The molecule has 2 heterocycles. The van der Waals surface area contributed by atoms with E-state index in [2.05, 4.69) is 15.1 Å². The highest BCUT2D eigenvalue weighted by Crippen LogP contribution is 2.19. The molecule has 2 N–H and O–H groups in total. The fourth-order valence-electron chi connectivity index (χ4n) is 2.01. The van der Waals surface area contributed by atoms with Crippen molar-refractivity contribution in [3.05, 3.63) is 59.0 Å². The minimum atomic E-state index is -0.554. The van der Waals surface area contributed by atoms with Crippen LogP contribution in [0.3, 0.4) is 0 Å². The molecule has 7 nitrogen and oxygen atoms in total. The molecule has 0 saturated carbocycles. The van der Waals surface area contributed by atoms with E-state index >= 15 is 0 Å². The van der Waals surface area contributed by atoms with Gasteiger partial charge in [-0.3, -0.25) is 4.79 Å². The molecular formula is C16H13ClN4O3. The molecule has 0 aliphatic rings. The predicted molar refractivity (Wildman–Crippen MR) is 86.5 cm³/mol. The van der Waals surface area contributed by atoms with Crippen LogP contribution in [0.5, 0.6) is 5.75 Å². The van der Waals surface area contributed by atoms with Gasteiger partial charge in [-0.25, -0.2) is 4.98 Å². The third-order valence-corrected chi connectivity index (χ3v) is 3.29. The van der Waals surface area contributed by atoms with Gasteiger partial charge in [-0.2, -0.15) is 4.98 Å². The number of hydrogen-bond acceptors (Lipinski definition) is 6. The number of carbonyl (C=O) groups is 1. The number of nitrogens with two attached hydrogens (primary N) is 1. The summed E-state index contributed by atoms with van der Waals surface area (Å²) >= 11 is 5.96. The first kappa shape index (κ1) is 15.9. The van der Waals surface area contributed by atoms with E-state index in [1.54, 1.807) is 18.2 Å². The summed E-state index contributed by atoms with van der Waals surface area (Å²) in [5.41, 5.74) is 6.50. The second-order valence-corrected chi connectivity index (χ2v) is 5.39. The molecule has 0 spiro atoms. The lowest BCUT2D eigenvalue weighted by Gasteiger charge is -2.02. The second-order valence-electron chi connectivity index (χ2n) is 4.96. The summed E-state index contributed by atoms with van der Waals surface area (Å²) in [4.78, 5) is 19.1. The molecule has 1 amide bonds. The molecule has 0 radical (unpaired) electrons. The fraction of sp³-hybridized carbons (Fsp3) is 0.125. The summed E-state index contributed by atoms with van der Waals surface area (Å²) in [6, 6.07) is 10.8. The Morgan fingerprint density at radius 2 is 2.17 bits per heavy atom. The maximum Gasteiger partial charge on any atom is 0.276 e. The van der Waals surface area contributed by atoms with E-state index in [0.717, 1.165) is 5.56 Å². The van der Waals surface area contributed by atoms with Gasteiger partial charge in [0.25, 0.3) is 11.8 Å². The number of nitrogens with zero attached hydrogens (tertiary/aromatic N) is 3. The van der Waals surface area contributed by atoms with E-state index in [9.17, 15) is 4.79 Å². The molecule has 0 atom stereocenters. The Labute approximate surface area is 142 Å². The Morgan fingerprint density at radius 1 is 1.29 bits per heavy atom. The molecule has 3 rings (SSSR count). The zero-order valence-electron chi connectivity index (χ0n) is 12.5. The van der Waals surface area contributed by atoms with E-state index in [4.69, 9.17) is 26.6 Å². The molecule has 0 saturated heterocycles. The van der Waals surface area contributed by atoms with Gasteiger partial charge in [-0.15, -0.1) is 0 Å². The van der Waals surface area contributed by atoms with Gasteiger partial charge in [-0.05, 0) is 29.8 Å². The Balaban J connectivity index is 1.69. The van der Waals surface area contributed by atoms with Gasteiger partial charge in [0.2, 0.25) is 0 Å². The molecule has 8 heteroatoms. The van der Waals surface area contributed by atoms with Crippen LogP contribution in [0.15, 0.2) is 47.1 Å². The minimum absolute atomic E-state index is 0.203. The highest BCUT2D eigenvalue weighted by molar-refractivity contribution is 6.30. The quantitative estimate of drug-likeness (QED) is 0.735. The monoisotopic (exact) mass is 344 g/mol. The Morgan fingerprint density at radius 3 is 2.88 bits per heavy atom. The lowest BCUT2D eigenvalue weighted by atomic mass is 10.1. The van der Waals surface area contributed by atoms with Gasteiger partial charge < -0.3 is 15.0 Å². The number of pyridine rings is 1. The summed E-state index contributed by atoms with van der Waals surface area (Å²) in [5.74, 6) is 0.703. The Kier molecular flexibility index (Phi) is 4.72. The summed E-state index contributed by atoms with van der Waals surface area (Å²) in [5, 5.41) is 4.59. The van der Waals surface area contributed by atoms with E-state index in [1.165, 1.54) is 6.20 Å². The zero-order chi connectivity index (χ0) is 16.9. The highest BCUT2D eigenvalue weighted by atomic mass is 35.5. The van der Waals surface area contributed by atoms with Gasteiger partial charge in [0.05, 0.1) is 6.20 Å². The number of primary amides is 1. The summed E-state index contributed by atoms with van der Waals surface area (Å²) in [6.07, 6.45) is 1.96. The van der Waals surface area contributed by atoms with Crippen molar-refractivity contribution >= 4 is 17.5 Å². The molecule has 1 aromatic carbocycles. The molecule has 0 bridgehead atoms. The van der Waals surface area contributed by atoms with Crippen molar-refractivity contribution in [1.82, 2.24) is 15.1 Å². The standard InChI is InChI=1S/C16H13ClN4O3/c17-11-3-1-2-10(6-11)7-15-20-16(24-21-15)13-5-4-12(8-19-13)23-9-14(18)22/h1-6,8H,7,9H2,(H2,18,22). The number of amides is 1. The number of benzene rings is 1. The van der Waals surface area contributed by atoms with E-state index in [1.807, 2.05) is 18.2 Å². The summed E-state index contributed by atoms with van der Waals surface area (Å²) in [7, 11) is 0. The highest BCUT2D eigenvalue weighted by Gasteiger charge is 2.11. The van der Waals surface area contributed by atoms with Crippen LogP contribution in [0.25, 0.3) is 11.6 Å². The summed E-state index contributed by atoms with van der Waals surface area (Å²) in [6.45, 7) is -0.203. The van der Waals surface area contributed by atoms with Crippen molar-refractivity contribution in [2.24, 2.45) is 5.73 Å². The van der Waals surface area contributed by atoms with Crippen molar-refractivity contribution in [2.45, 2.75) is 6.42 Å². The van der Waals surface area contributed by atoms with Crippen LogP contribution in [0.4, 0.5) is 0 Å². The third-order valence-electron chi connectivity index (χ3n) is 3.06. The van der Waals surface area contributed by atoms with Crippen LogP contribution < -0.4 is 10.5 Å². The van der Waals surface area contributed by atoms with E-state index in [0.29, 0.717) is 34.6 Å². The fourth-order valence-corrected chi connectivity index (χ4v) is 2.22. The molecule has 3 aromatic rings. The Bertz CT molecular complexity index is 849. The molecule has 0 fully saturated rings. The predicted octanol–water partition coefficient (Wildman–Crippen LogP) is 2.24. The van der Waals surface area contributed by atoms with Crippen LogP contribution >= 0.6 is 11.6 Å². The number of halogens is 1. The average Bonchev–Trinajstić information content (AvgIpc) is 3.02. The smallest absolute Gasteiger partial charge is 0.276 e. The maximum absolute atomic E-state index is 10.7. The van der Waals surface area contributed by atoms with Crippen LogP contribution in [-0.2, 0) is 11.2 Å². The van der Waals surface area contributed by atoms with Crippen LogP contribution in [0.2, 0.25) is 5.02 Å². The molecule has 122 valence electrons. The van der Waals surface area contributed by atoms with Crippen molar-refractivity contribution in [2.75, 3.05) is 6.61 Å². The van der Waals surface area contributed by atoms with Crippen molar-refractivity contribution in [3.63, 3.8) is 0 Å². The van der Waals surface area contributed by atoms with Crippen LogP contribution in [0.1, 0.15) is 11.4 Å². The lowest BCUT2D eigenvalue weighted by molar-refractivity contribution is -0.119. The first-order chi connectivity index (χ1) is 11.6. The van der Waals surface area contributed by atoms with Crippen LogP contribution in [-0.4, -0.2) is 27.6 Å². The second kappa shape index (κ2) is 7.10. The molecule has 0 unspecified atom stereocenters. The molecular weight excluding hydrogens is 332 g/mol. The Hall–Kier alpha value is -2.93. The normalized spacial score (nSPS) is 10.5. The molecule has 0 aliphatic carbocycles. The zero-order valence-corrected chi connectivity index (χ0v) is 13.2. The van der Waals surface area contributed by atoms with Crippen molar-refractivity contribution in [1.29, 1.82) is 0 Å².